The fourth-order valence-electron chi connectivity index (χ4n) is 1.78. The van der Waals surface area contributed by atoms with Gasteiger partial charge in [0.25, 0.3) is 0 Å². The first-order valence-electron chi connectivity index (χ1n) is 5.44. The summed E-state index contributed by atoms with van der Waals surface area (Å²) in [4.78, 5) is 11.1. The topological polar surface area (TPSA) is 55.1 Å². The van der Waals surface area contributed by atoms with Gasteiger partial charge in [0.2, 0.25) is 5.91 Å². The third-order valence-corrected chi connectivity index (χ3v) is 3.28. The second kappa shape index (κ2) is 4.34. The number of halogens is 1. The van der Waals surface area contributed by atoms with Crippen molar-refractivity contribution in [2.24, 2.45) is 11.7 Å². The maximum absolute atomic E-state index is 11.1. The average molecular weight is 239 g/mol. The standard InChI is InChI=1S/C12H15ClN2O/c1-7(8-2-3-8)15-9-4-5-11(13)10(6-9)12(14)16/h4-8,15H,2-3H2,1H3,(H2,14,16). The molecule has 1 aliphatic carbocycles. The molecular weight excluding hydrogens is 224 g/mol. The van der Waals surface area contributed by atoms with Crippen molar-refractivity contribution < 1.29 is 4.79 Å². The minimum atomic E-state index is -0.493. The van der Waals surface area contributed by atoms with Crippen LogP contribution in [0, 0.1) is 5.92 Å². The SMILES string of the molecule is CC(Nc1ccc(Cl)c(C(N)=O)c1)C1CC1. The van der Waals surface area contributed by atoms with Gasteiger partial charge in [-0.3, -0.25) is 4.79 Å². The zero-order valence-electron chi connectivity index (χ0n) is 9.16. The zero-order valence-corrected chi connectivity index (χ0v) is 9.92. The molecule has 1 unspecified atom stereocenters. The van der Waals surface area contributed by atoms with E-state index < -0.39 is 5.91 Å². The minimum Gasteiger partial charge on any atom is -0.382 e. The lowest BCUT2D eigenvalue weighted by molar-refractivity contribution is 0.100. The van der Waals surface area contributed by atoms with Gasteiger partial charge in [0.05, 0.1) is 10.6 Å². The molecule has 1 fully saturated rings. The number of carbonyl (C=O) groups excluding carboxylic acids is 1. The number of benzene rings is 1. The van der Waals surface area contributed by atoms with Crippen LogP contribution in [0.5, 0.6) is 0 Å². The molecule has 1 aromatic carbocycles. The molecule has 2 rings (SSSR count). The Bertz CT molecular complexity index is 415. The van der Waals surface area contributed by atoms with Gasteiger partial charge in [0, 0.05) is 11.7 Å². The number of anilines is 1. The summed E-state index contributed by atoms with van der Waals surface area (Å²) in [5.41, 5.74) is 6.51. The van der Waals surface area contributed by atoms with E-state index in [2.05, 4.69) is 12.2 Å². The van der Waals surface area contributed by atoms with Crippen LogP contribution in [0.15, 0.2) is 18.2 Å². The molecule has 0 radical (unpaired) electrons. The molecule has 16 heavy (non-hydrogen) atoms. The molecule has 4 heteroatoms. The Morgan fingerprint density at radius 3 is 2.81 bits per heavy atom. The van der Waals surface area contributed by atoms with Crippen LogP contribution in [0.4, 0.5) is 5.69 Å². The van der Waals surface area contributed by atoms with E-state index >= 15 is 0 Å². The van der Waals surface area contributed by atoms with Gasteiger partial charge in [-0.1, -0.05) is 11.6 Å². The monoisotopic (exact) mass is 238 g/mol. The van der Waals surface area contributed by atoms with Gasteiger partial charge in [0.15, 0.2) is 0 Å². The number of amides is 1. The molecule has 0 spiro atoms. The predicted octanol–water partition coefficient (Wildman–Crippen LogP) is 2.65. The lowest BCUT2D eigenvalue weighted by Crippen LogP contribution is -2.18. The van der Waals surface area contributed by atoms with Crippen LogP contribution in [-0.4, -0.2) is 11.9 Å². The average Bonchev–Trinajstić information content (AvgIpc) is 3.03. The molecular formula is C12H15ClN2O. The van der Waals surface area contributed by atoms with Crippen molar-refractivity contribution in [3.8, 4) is 0 Å². The Hall–Kier alpha value is -1.22. The largest absolute Gasteiger partial charge is 0.382 e. The first-order valence-corrected chi connectivity index (χ1v) is 5.81. The number of hydrogen-bond acceptors (Lipinski definition) is 2. The van der Waals surface area contributed by atoms with E-state index in [0.29, 0.717) is 16.6 Å². The highest BCUT2D eigenvalue weighted by molar-refractivity contribution is 6.33. The highest BCUT2D eigenvalue weighted by Crippen LogP contribution is 2.34. The summed E-state index contributed by atoms with van der Waals surface area (Å²) < 4.78 is 0. The van der Waals surface area contributed by atoms with E-state index in [1.807, 2.05) is 6.07 Å². The maximum atomic E-state index is 11.1. The van der Waals surface area contributed by atoms with Gasteiger partial charge >= 0.3 is 0 Å². The number of carbonyl (C=O) groups is 1. The van der Waals surface area contributed by atoms with Crippen molar-refractivity contribution in [1.29, 1.82) is 0 Å². The van der Waals surface area contributed by atoms with Gasteiger partial charge in [-0.2, -0.15) is 0 Å². The fraction of sp³-hybridized carbons (Fsp3) is 0.417. The number of nitrogens with two attached hydrogens (primary N) is 1. The van der Waals surface area contributed by atoms with Gasteiger partial charge in [-0.25, -0.2) is 0 Å². The third kappa shape index (κ3) is 2.47. The Balaban J connectivity index is 2.15. The zero-order chi connectivity index (χ0) is 11.7. The highest BCUT2D eigenvalue weighted by Gasteiger charge is 2.27. The van der Waals surface area contributed by atoms with Crippen LogP contribution < -0.4 is 11.1 Å². The normalized spacial score (nSPS) is 16.9. The fourth-order valence-corrected chi connectivity index (χ4v) is 1.99. The van der Waals surface area contributed by atoms with Crippen molar-refractivity contribution in [2.75, 3.05) is 5.32 Å². The van der Waals surface area contributed by atoms with E-state index in [0.717, 1.165) is 11.6 Å². The number of hydrogen-bond donors (Lipinski definition) is 2. The Kier molecular flexibility index (Phi) is 3.06. The smallest absolute Gasteiger partial charge is 0.250 e. The second-order valence-corrected chi connectivity index (χ2v) is 4.74. The number of primary amides is 1. The molecule has 0 bridgehead atoms. The second-order valence-electron chi connectivity index (χ2n) is 4.33. The van der Waals surface area contributed by atoms with E-state index in [1.54, 1.807) is 12.1 Å². The molecule has 1 amide bonds. The molecule has 1 aliphatic rings. The van der Waals surface area contributed by atoms with Crippen LogP contribution in [0.3, 0.4) is 0 Å². The summed E-state index contributed by atoms with van der Waals surface area (Å²) >= 11 is 5.87. The van der Waals surface area contributed by atoms with Gasteiger partial charge in [0.1, 0.15) is 0 Å². The van der Waals surface area contributed by atoms with E-state index in [4.69, 9.17) is 17.3 Å². The minimum absolute atomic E-state index is 0.370. The lowest BCUT2D eigenvalue weighted by atomic mass is 10.1. The van der Waals surface area contributed by atoms with Crippen LogP contribution >= 0.6 is 11.6 Å². The van der Waals surface area contributed by atoms with E-state index in [-0.39, 0.29) is 0 Å². The number of rotatable bonds is 4. The maximum Gasteiger partial charge on any atom is 0.250 e. The van der Waals surface area contributed by atoms with Crippen LogP contribution in [0.25, 0.3) is 0 Å². The molecule has 86 valence electrons. The van der Waals surface area contributed by atoms with Crippen molar-refractivity contribution in [2.45, 2.75) is 25.8 Å². The molecule has 1 saturated carbocycles. The van der Waals surface area contributed by atoms with Crippen LogP contribution in [-0.2, 0) is 0 Å². The van der Waals surface area contributed by atoms with Gasteiger partial charge in [-0.15, -0.1) is 0 Å². The molecule has 0 aliphatic heterocycles. The Labute approximate surface area is 100.0 Å². The first kappa shape index (κ1) is 11.3. The molecule has 3 nitrogen and oxygen atoms in total. The molecule has 1 aromatic rings. The van der Waals surface area contributed by atoms with Crippen molar-refractivity contribution >= 4 is 23.2 Å². The lowest BCUT2D eigenvalue weighted by Gasteiger charge is -2.15. The molecule has 0 heterocycles. The van der Waals surface area contributed by atoms with Crippen molar-refractivity contribution in [3.05, 3.63) is 28.8 Å². The Morgan fingerprint density at radius 2 is 2.25 bits per heavy atom. The van der Waals surface area contributed by atoms with Crippen LogP contribution in [0.1, 0.15) is 30.1 Å². The summed E-state index contributed by atoms with van der Waals surface area (Å²) in [6.07, 6.45) is 2.56. The van der Waals surface area contributed by atoms with E-state index in [9.17, 15) is 4.79 Å². The van der Waals surface area contributed by atoms with E-state index in [1.165, 1.54) is 12.8 Å². The molecule has 1 atom stereocenters. The summed E-state index contributed by atoms with van der Waals surface area (Å²) in [6, 6.07) is 5.71. The number of nitrogens with one attached hydrogen (secondary N) is 1. The van der Waals surface area contributed by atoms with Crippen molar-refractivity contribution in [3.63, 3.8) is 0 Å². The van der Waals surface area contributed by atoms with Gasteiger partial charge < -0.3 is 11.1 Å². The summed E-state index contributed by atoms with van der Waals surface area (Å²) in [7, 11) is 0. The first-order chi connectivity index (χ1) is 7.58. The predicted molar refractivity (Wildman–Crippen MR) is 65.8 cm³/mol. The summed E-state index contributed by atoms with van der Waals surface area (Å²) in [5, 5.41) is 3.76. The van der Waals surface area contributed by atoms with Crippen LogP contribution in [0.2, 0.25) is 5.02 Å². The third-order valence-electron chi connectivity index (χ3n) is 2.96. The Morgan fingerprint density at radius 1 is 1.56 bits per heavy atom. The molecule has 3 N–H and O–H groups in total. The van der Waals surface area contributed by atoms with Crippen molar-refractivity contribution in [1.82, 2.24) is 0 Å². The molecule has 0 aromatic heterocycles. The summed E-state index contributed by atoms with van der Waals surface area (Å²) in [6.45, 7) is 2.15. The summed E-state index contributed by atoms with van der Waals surface area (Å²) in [5.74, 6) is 0.264. The quantitative estimate of drug-likeness (QED) is 0.847. The highest BCUT2D eigenvalue weighted by atomic mass is 35.5. The van der Waals surface area contributed by atoms with Gasteiger partial charge in [-0.05, 0) is 43.9 Å². The molecule has 0 saturated heterocycles.